The van der Waals surface area contributed by atoms with Crippen LogP contribution in [0.5, 0.6) is 0 Å². The summed E-state index contributed by atoms with van der Waals surface area (Å²) in [6.07, 6.45) is 8.60. The molecule has 4 fully saturated rings. The van der Waals surface area contributed by atoms with Gasteiger partial charge in [0.25, 0.3) is 0 Å². The average molecular weight is 475 g/mol. The van der Waals surface area contributed by atoms with Crippen LogP contribution in [-0.4, -0.2) is 35.2 Å². The van der Waals surface area contributed by atoms with Gasteiger partial charge in [-0.25, -0.2) is 0 Å². The van der Waals surface area contributed by atoms with E-state index in [1.54, 1.807) is 0 Å². The maximum absolute atomic E-state index is 12.8. The topological polar surface area (TPSA) is 91.7 Å². The van der Waals surface area contributed by atoms with Crippen LogP contribution in [0.4, 0.5) is 0 Å². The Hall–Kier alpha value is -0.260. The van der Waals surface area contributed by atoms with Crippen molar-refractivity contribution in [2.45, 2.75) is 70.3 Å². The molecule has 0 spiro atoms. The number of aliphatic hydroxyl groups is 1. The molecule has 4 aliphatic carbocycles. The molecule has 4 rings (SSSR count). The van der Waals surface area contributed by atoms with E-state index in [1.807, 2.05) is 0 Å². The van der Waals surface area contributed by atoms with E-state index in [9.17, 15) is 18.3 Å². The molecule has 4 saturated carbocycles. The molecule has 0 aliphatic heterocycles. The van der Waals surface area contributed by atoms with Crippen LogP contribution in [0.1, 0.15) is 64.7 Å². The summed E-state index contributed by atoms with van der Waals surface area (Å²) in [4.78, 5) is 12.8. The van der Waals surface area contributed by atoms with Crippen LogP contribution >= 0.6 is 22.4 Å². The van der Waals surface area contributed by atoms with Gasteiger partial charge in [-0.05, 0) is 104 Å². The zero-order chi connectivity index (χ0) is 21.7. The minimum Gasteiger partial charge on any atom is -0.378 e. The second kappa shape index (κ2) is 8.26. The summed E-state index contributed by atoms with van der Waals surface area (Å²) in [6.45, 7) is 2.24. The summed E-state index contributed by atoms with van der Waals surface area (Å²) in [5, 5.41) is 13.1. The molecule has 2 N–H and O–H groups in total. The number of carbonyl (C=O) groups is 1. The number of halogens is 1. The highest BCUT2D eigenvalue weighted by Crippen LogP contribution is 2.64. The minimum absolute atomic E-state index is 0.0304. The first-order valence-electron chi connectivity index (χ1n) is 11.1. The number of rotatable bonds is 4. The Morgan fingerprint density at radius 1 is 1.10 bits per heavy atom. The molecule has 0 amide bonds. The lowest BCUT2D eigenvalue weighted by atomic mass is 9.49. The van der Waals surface area contributed by atoms with Crippen LogP contribution in [0, 0.1) is 52.2 Å². The predicted octanol–water partition coefficient (Wildman–Crippen LogP) is 4.29. The summed E-state index contributed by atoms with van der Waals surface area (Å²) < 4.78 is 31.1. The van der Waals surface area contributed by atoms with Gasteiger partial charge in [0.05, 0.1) is 5.75 Å². The van der Waals surface area contributed by atoms with Crippen molar-refractivity contribution >= 4 is 37.3 Å². The molecule has 0 saturated heterocycles. The minimum atomic E-state index is -4.19. The molecule has 168 valence electrons. The lowest BCUT2D eigenvalue weighted by Crippen LogP contribution is -2.51. The Morgan fingerprint density at radius 2 is 1.83 bits per heavy atom. The number of hydrogen-bond donors (Lipinski definition) is 2. The van der Waals surface area contributed by atoms with Crippen molar-refractivity contribution in [2.24, 2.45) is 40.9 Å². The van der Waals surface area contributed by atoms with Crippen molar-refractivity contribution in [3.8, 4) is 11.3 Å². The first-order chi connectivity index (χ1) is 14.1. The van der Waals surface area contributed by atoms with Gasteiger partial charge in [-0.15, -0.1) is 0 Å². The molecule has 0 aromatic rings. The van der Waals surface area contributed by atoms with Crippen LogP contribution in [0.25, 0.3) is 0 Å². The van der Waals surface area contributed by atoms with Gasteiger partial charge in [-0.3, -0.25) is 9.35 Å². The van der Waals surface area contributed by atoms with Crippen molar-refractivity contribution in [2.75, 3.05) is 5.75 Å². The van der Waals surface area contributed by atoms with Crippen LogP contribution in [0.3, 0.4) is 0 Å². The van der Waals surface area contributed by atoms with E-state index >= 15 is 0 Å². The number of carbonyl (C=O) groups excluding carboxylic acids is 1. The Balaban J connectivity index is 1.46. The quantitative estimate of drug-likeness (QED) is 0.358. The molecule has 4 aliphatic rings. The summed E-state index contributed by atoms with van der Waals surface area (Å²) in [5.74, 6) is 5.41. The van der Waals surface area contributed by atoms with Gasteiger partial charge in [0.1, 0.15) is 11.4 Å². The lowest BCUT2D eigenvalue weighted by Gasteiger charge is -2.56. The number of hydrogen-bond acceptors (Lipinski definition) is 5. The molecule has 0 aromatic heterocycles. The number of Topliss-reactive ketones (excluding diaryl/α,β-unsaturated/α-hetero) is 1. The molecule has 0 heterocycles. The van der Waals surface area contributed by atoms with E-state index in [0.29, 0.717) is 46.8 Å². The summed E-state index contributed by atoms with van der Waals surface area (Å²) >= 11 is 5.58. The lowest BCUT2D eigenvalue weighted by molar-refractivity contribution is -0.129. The second-order valence-electron chi connectivity index (χ2n) is 10.3. The van der Waals surface area contributed by atoms with Gasteiger partial charge in [-0.1, -0.05) is 12.8 Å². The fourth-order valence-electron chi connectivity index (χ4n) is 7.84. The Bertz CT molecular complexity index is 864. The normalized spacial score (nSPS) is 45.5. The van der Waals surface area contributed by atoms with Gasteiger partial charge >= 0.3 is 9.15 Å². The maximum Gasteiger partial charge on any atom is 0.320 e. The molecule has 0 radical (unpaired) electrons. The largest absolute Gasteiger partial charge is 0.378 e. The third kappa shape index (κ3) is 4.20. The van der Waals surface area contributed by atoms with E-state index in [2.05, 4.69) is 18.2 Å². The van der Waals surface area contributed by atoms with Crippen molar-refractivity contribution in [3.63, 3.8) is 0 Å². The number of fused-ring (bicyclic) bond motifs is 5. The summed E-state index contributed by atoms with van der Waals surface area (Å²) in [7, 11) is -3.84. The van der Waals surface area contributed by atoms with Crippen LogP contribution in [0.15, 0.2) is 0 Å². The molecule has 0 aromatic carbocycles. The first-order valence-corrected chi connectivity index (χ1v) is 14.4. The SMILES string of the molecule is C[C@]12CC[C@H]3[C@@H](CC[C@H]4C[C@](O)(C#CCl)CC[C@@H]43)[C@@H]1CC[C@@H]2C(=O)CSS(=O)(=O)O. The van der Waals surface area contributed by atoms with Crippen LogP contribution in [-0.2, 0) is 13.9 Å². The van der Waals surface area contributed by atoms with Crippen LogP contribution < -0.4 is 0 Å². The molecule has 8 atom stereocenters. The van der Waals surface area contributed by atoms with Gasteiger partial charge < -0.3 is 5.11 Å². The number of ketones is 1. The van der Waals surface area contributed by atoms with Crippen molar-refractivity contribution < 1.29 is 22.9 Å². The van der Waals surface area contributed by atoms with Crippen molar-refractivity contribution in [3.05, 3.63) is 0 Å². The maximum atomic E-state index is 12.8. The van der Waals surface area contributed by atoms with Crippen LogP contribution in [0.2, 0.25) is 0 Å². The Morgan fingerprint density at radius 3 is 2.53 bits per heavy atom. The van der Waals surface area contributed by atoms with Gasteiger partial charge in [0.15, 0.2) is 0 Å². The Kier molecular flexibility index (Phi) is 6.31. The summed E-state index contributed by atoms with van der Waals surface area (Å²) in [5.41, 5.74) is -1.00. The fourth-order valence-corrected chi connectivity index (χ4v) is 9.28. The van der Waals surface area contributed by atoms with Gasteiger partial charge in [0.2, 0.25) is 0 Å². The monoisotopic (exact) mass is 474 g/mol. The molecule has 30 heavy (non-hydrogen) atoms. The molecular formula is C22H31ClO5S2. The standard InChI is InChI=1S/C22H31ClO5S2/c1-21-8-6-16-15-7-9-22(25,10-11-23)12-14(15)2-3-17(16)18(21)4-5-19(21)20(24)13-29-30(26,27)28/h14-19,25H,2-9,12-13H2,1H3,(H,26,27,28)/t14-,15-,16+,17+,18-,19+,21-,22+/m0/s1. The van der Waals surface area contributed by atoms with Crippen molar-refractivity contribution in [1.82, 2.24) is 0 Å². The zero-order valence-electron chi connectivity index (χ0n) is 17.3. The van der Waals surface area contributed by atoms with Crippen molar-refractivity contribution in [1.29, 1.82) is 0 Å². The van der Waals surface area contributed by atoms with Gasteiger partial charge in [0, 0.05) is 22.1 Å². The smallest absolute Gasteiger partial charge is 0.320 e. The predicted molar refractivity (Wildman–Crippen MR) is 118 cm³/mol. The third-order valence-electron chi connectivity index (χ3n) is 9.03. The van der Waals surface area contributed by atoms with E-state index < -0.39 is 14.8 Å². The molecule has 0 unspecified atom stereocenters. The molecule has 0 bridgehead atoms. The van der Waals surface area contributed by atoms with E-state index in [-0.39, 0.29) is 22.9 Å². The molecular weight excluding hydrogens is 444 g/mol. The van der Waals surface area contributed by atoms with Gasteiger partial charge in [-0.2, -0.15) is 8.42 Å². The fraction of sp³-hybridized carbons (Fsp3) is 0.864. The molecule has 5 nitrogen and oxygen atoms in total. The molecule has 8 heteroatoms. The highest BCUT2D eigenvalue weighted by molar-refractivity contribution is 8.70. The first kappa shape index (κ1) is 22.9. The highest BCUT2D eigenvalue weighted by atomic mass is 35.5. The van der Waals surface area contributed by atoms with E-state index in [1.165, 1.54) is 0 Å². The van der Waals surface area contributed by atoms with E-state index in [4.69, 9.17) is 16.2 Å². The van der Waals surface area contributed by atoms with E-state index in [0.717, 1.165) is 51.4 Å². The average Bonchev–Trinajstić information content (AvgIpc) is 3.02. The summed E-state index contributed by atoms with van der Waals surface area (Å²) in [6, 6.07) is 0. The zero-order valence-corrected chi connectivity index (χ0v) is 19.7. The third-order valence-corrected chi connectivity index (χ3v) is 11.1. The highest BCUT2D eigenvalue weighted by Gasteiger charge is 2.58. The second-order valence-corrected chi connectivity index (χ2v) is 13.8. The Labute approximate surface area is 188 Å².